The third kappa shape index (κ3) is 3.70. The van der Waals surface area contributed by atoms with E-state index in [1.54, 1.807) is 0 Å². The second kappa shape index (κ2) is 6.39. The molecule has 1 N–H and O–H groups in total. The van der Waals surface area contributed by atoms with Gasteiger partial charge in [0.2, 0.25) is 5.91 Å². The Bertz CT molecular complexity index is 249. The van der Waals surface area contributed by atoms with E-state index < -0.39 is 0 Å². The van der Waals surface area contributed by atoms with Crippen molar-refractivity contribution in [3.05, 3.63) is 0 Å². The van der Waals surface area contributed by atoms with Crippen molar-refractivity contribution in [3.8, 4) is 0 Å². The van der Waals surface area contributed by atoms with Gasteiger partial charge in [0, 0.05) is 19.1 Å². The fraction of sp³-hybridized carbons (Fsp3) is 0.929. The smallest absolute Gasteiger partial charge is 0.236 e. The van der Waals surface area contributed by atoms with Crippen LogP contribution in [0.25, 0.3) is 0 Å². The Labute approximate surface area is 105 Å². The summed E-state index contributed by atoms with van der Waals surface area (Å²) < 4.78 is 0. The van der Waals surface area contributed by atoms with Crippen LogP contribution in [0.4, 0.5) is 0 Å². The summed E-state index contributed by atoms with van der Waals surface area (Å²) >= 11 is 0. The maximum Gasteiger partial charge on any atom is 0.236 e. The highest BCUT2D eigenvalue weighted by molar-refractivity contribution is 5.78. The van der Waals surface area contributed by atoms with Crippen molar-refractivity contribution < 1.29 is 4.79 Å². The van der Waals surface area contributed by atoms with Crippen LogP contribution in [0.1, 0.15) is 51.9 Å². The van der Waals surface area contributed by atoms with Crippen LogP contribution in [0.5, 0.6) is 0 Å². The standard InChI is InChI=1S/C14H26N2O/c1-2-12-6-5-9-16(11-12)14(17)10-15-13-7-3-4-8-13/h12-13,15H,2-11H2,1H3. The van der Waals surface area contributed by atoms with Gasteiger partial charge in [-0.15, -0.1) is 0 Å². The van der Waals surface area contributed by atoms with Crippen LogP contribution < -0.4 is 5.32 Å². The van der Waals surface area contributed by atoms with Crippen LogP contribution in [0.2, 0.25) is 0 Å². The summed E-state index contributed by atoms with van der Waals surface area (Å²) in [6.07, 6.45) is 8.86. The molecule has 1 amide bonds. The predicted octanol–water partition coefficient (Wildman–Crippen LogP) is 2.17. The lowest BCUT2D eigenvalue weighted by atomic mass is 9.95. The third-order valence-electron chi connectivity index (χ3n) is 4.35. The molecule has 2 rings (SSSR count). The lowest BCUT2D eigenvalue weighted by Gasteiger charge is -2.32. The van der Waals surface area contributed by atoms with E-state index in [0.29, 0.717) is 18.5 Å². The zero-order valence-electron chi connectivity index (χ0n) is 11.1. The summed E-state index contributed by atoms with van der Waals surface area (Å²) in [6.45, 7) is 4.75. The van der Waals surface area contributed by atoms with E-state index >= 15 is 0 Å². The normalized spacial score (nSPS) is 26.4. The molecule has 1 saturated carbocycles. The molecule has 1 atom stereocenters. The second-order valence-corrected chi connectivity index (χ2v) is 5.62. The van der Waals surface area contributed by atoms with E-state index in [-0.39, 0.29) is 0 Å². The topological polar surface area (TPSA) is 32.3 Å². The molecule has 1 heterocycles. The molecule has 3 heteroatoms. The fourth-order valence-electron chi connectivity index (χ4n) is 3.10. The molecule has 98 valence electrons. The van der Waals surface area contributed by atoms with Crippen molar-refractivity contribution >= 4 is 5.91 Å². The number of hydrogen-bond donors (Lipinski definition) is 1. The first kappa shape index (κ1) is 12.9. The maximum absolute atomic E-state index is 12.1. The fourth-order valence-corrected chi connectivity index (χ4v) is 3.10. The molecule has 1 aliphatic heterocycles. The molecule has 2 aliphatic rings. The molecular weight excluding hydrogens is 212 g/mol. The summed E-state index contributed by atoms with van der Waals surface area (Å²) in [4.78, 5) is 14.1. The molecule has 0 radical (unpaired) electrons. The number of nitrogens with zero attached hydrogens (tertiary/aromatic N) is 1. The zero-order valence-corrected chi connectivity index (χ0v) is 11.1. The van der Waals surface area contributed by atoms with Crippen molar-refractivity contribution in [2.45, 2.75) is 57.9 Å². The Balaban J connectivity index is 1.71. The molecule has 1 aliphatic carbocycles. The van der Waals surface area contributed by atoms with E-state index in [0.717, 1.165) is 19.0 Å². The van der Waals surface area contributed by atoms with Gasteiger partial charge in [0.15, 0.2) is 0 Å². The van der Waals surface area contributed by atoms with Crippen LogP contribution in [0.3, 0.4) is 0 Å². The molecule has 2 fully saturated rings. The first-order valence-electron chi connectivity index (χ1n) is 7.30. The minimum absolute atomic E-state index is 0.315. The summed E-state index contributed by atoms with van der Waals surface area (Å²) in [7, 11) is 0. The van der Waals surface area contributed by atoms with Crippen LogP contribution >= 0.6 is 0 Å². The van der Waals surface area contributed by atoms with Gasteiger partial charge in [-0.2, -0.15) is 0 Å². The largest absolute Gasteiger partial charge is 0.341 e. The number of piperidine rings is 1. The van der Waals surface area contributed by atoms with Crippen LogP contribution in [0, 0.1) is 5.92 Å². The van der Waals surface area contributed by atoms with Gasteiger partial charge < -0.3 is 10.2 Å². The van der Waals surface area contributed by atoms with Gasteiger partial charge in [0.05, 0.1) is 6.54 Å². The van der Waals surface area contributed by atoms with Crippen LogP contribution in [-0.2, 0) is 4.79 Å². The van der Waals surface area contributed by atoms with Crippen molar-refractivity contribution in [3.63, 3.8) is 0 Å². The molecule has 3 nitrogen and oxygen atoms in total. The van der Waals surface area contributed by atoms with Gasteiger partial charge in [-0.1, -0.05) is 26.2 Å². The SMILES string of the molecule is CCC1CCCN(C(=O)CNC2CCCC2)C1. The van der Waals surface area contributed by atoms with Gasteiger partial charge in [-0.05, 0) is 31.6 Å². The highest BCUT2D eigenvalue weighted by Gasteiger charge is 2.23. The minimum atomic E-state index is 0.315. The number of hydrogen-bond acceptors (Lipinski definition) is 2. The highest BCUT2D eigenvalue weighted by atomic mass is 16.2. The monoisotopic (exact) mass is 238 g/mol. The Morgan fingerprint density at radius 2 is 2.00 bits per heavy atom. The van der Waals surface area contributed by atoms with Crippen molar-refractivity contribution in [2.24, 2.45) is 5.92 Å². The van der Waals surface area contributed by atoms with E-state index in [4.69, 9.17) is 0 Å². The Morgan fingerprint density at radius 1 is 1.24 bits per heavy atom. The number of rotatable bonds is 4. The number of carbonyl (C=O) groups excluding carboxylic acids is 1. The number of amides is 1. The van der Waals surface area contributed by atoms with E-state index in [1.807, 2.05) is 0 Å². The Kier molecular flexibility index (Phi) is 4.84. The van der Waals surface area contributed by atoms with Crippen molar-refractivity contribution in [1.29, 1.82) is 0 Å². The molecule has 0 bridgehead atoms. The Hall–Kier alpha value is -0.570. The summed E-state index contributed by atoms with van der Waals surface area (Å²) in [5, 5.41) is 3.42. The van der Waals surface area contributed by atoms with Crippen molar-refractivity contribution in [1.82, 2.24) is 10.2 Å². The second-order valence-electron chi connectivity index (χ2n) is 5.62. The molecule has 0 spiro atoms. The first-order valence-corrected chi connectivity index (χ1v) is 7.30. The average molecular weight is 238 g/mol. The molecule has 1 saturated heterocycles. The quantitative estimate of drug-likeness (QED) is 0.814. The van der Waals surface area contributed by atoms with Gasteiger partial charge in [0.1, 0.15) is 0 Å². The van der Waals surface area contributed by atoms with Gasteiger partial charge >= 0.3 is 0 Å². The molecule has 0 aromatic carbocycles. The molecule has 0 aromatic rings. The number of carbonyl (C=O) groups is 1. The third-order valence-corrected chi connectivity index (χ3v) is 4.35. The van der Waals surface area contributed by atoms with Gasteiger partial charge in [0.25, 0.3) is 0 Å². The highest BCUT2D eigenvalue weighted by Crippen LogP contribution is 2.20. The van der Waals surface area contributed by atoms with Gasteiger partial charge in [-0.25, -0.2) is 0 Å². The van der Waals surface area contributed by atoms with Crippen molar-refractivity contribution in [2.75, 3.05) is 19.6 Å². The average Bonchev–Trinajstić information content (AvgIpc) is 2.89. The molecular formula is C14H26N2O. The predicted molar refractivity (Wildman–Crippen MR) is 69.9 cm³/mol. The summed E-state index contributed by atoms with van der Waals surface area (Å²) in [6, 6.07) is 0.603. The van der Waals surface area contributed by atoms with E-state index in [2.05, 4.69) is 17.1 Å². The van der Waals surface area contributed by atoms with Crippen LogP contribution in [0.15, 0.2) is 0 Å². The van der Waals surface area contributed by atoms with E-state index in [1.165, 1.54) is 44.9 Å². The summed E-state index contributed by atoms with van der Waals surface area (Å²) in [5.41, 5.74) is 0. The molecule has 17 heavy (non-hydrogen) atoms. The molecule has 1 unspecified atom stereocenters. The number of likely N-dealkylation sites (tertiary alicyclic amines) is 1. The lowest BCUT2D eigenvalue weighted by molar-refractivity contribution is -0.132. The Morgan fingerprint density at radius 3 is 2.71 bits per heavy atom. The van der Waals surface area contributed by atoms with Gasteiger partial charge in [-0.3, -0.25) is 4.79 Å². The van der Waals surface area contributed by atoms with E-state index in [9.17, 15) is 4.79 Å². The minimum Gasteiger partial charge on any atom is -0.341 e. The molecule has 0 aromatic heterocycles. The number of nitrogens with one attached hydrogen (secondary N) is 1. The maximum atomic E-state index is 12.1. The zero-order chi connectivity index (χ0) is 12.1. The first-order chi connectivity index (χ1) is 8.29. The van der Waals surface area contributed by atoms with Crippen LogP contribution in [-0.4, -0.2) is 36.5 Å². The summed E-state index contributed by atoms with van der Waals surface area (Å²) in [5.74, 6) is 1.05. The lowest BCUT2D eigenvalue weighted by Crippen LogP contribution is -2.45.